The van der Waals surface area contributed by atoms with Crippen molar-refractivity contribution in [1.29, 1.82) is 0 Å². The van der Waals surface area contributed by atoms with Gasteiger partial charge >= 0.3 is 5.97 Å². The summed E-state index contributed by atoms with van der Waals surface area (Å²) in [5, 5.41) is 11.3. The van der Waals surface area contributed by atoms with Crippen LogP contribution in [0.25, 0.3) is 11.1 Å². The molecule has 2 aromatic carbocycles. The number of amides is 2. The predicted octanol–water partition coefficient (Wildman–Crippen LogP) is 2.45. The molecule has 0 bridgehead atoms. The summed E-state index contributed by atoms with van der Waals surface area (Å²) in [6, 6.07) is 13.7. The molecular weight excluding hydrogens is 356 g/mol. The van der Waals surface area contributed by atoms with Gasteiger partial charge in [0.1, 0.15) is 12.6 Å². The second-order valence-electron chi connectivity index (χ2n) is 7.47. The maximum Gasteiger partial charge on any atom is 0.322 e. The van der Waals surface area contributed by atoms with Gasteiger partial charge in [0.2, 0.25) is 11.8 Å². The number of aryl methyl sites for hydroxylation is 1. The zero-order valence-electron chi connectivity index (χ0n) is 15.6. The van der Waals surface area contributed by atoms with Crippen LogP contribution in [0.3, 0.4) is 0 Å². The summed E-state index contributed by atoms with van der Waals surface area (Å²) in [5.74, 6) is -1.56. The molecule has 0 spiro atoms. The molecule has 0 aromatic heterocycles. The van der Waals surface area contributed by atoms with Crippen LogP contribution in [-0.4, -0.2) is 40.4 Å². The zero-order chi connectivity index (χ0) is 19.8. The molecular formula is C22H22N2O4. The van der Waals surface area contributed by atoms with Crippen LogP contribution in [0.1, 0.15) is 35.6 Å². The molecule has 0 radical (unpaired) electrons. The molecule has 2 N–H and O–H groups in total. The van der Waals surface area contributed by atoms with Crippen LogP contribution in [0.15, 0.2) is 42.5 Å². The normalized spacial score (nSPS) is 20.5. The molecule has 2 amide bonds. The molecule has 0 unspecified atom stereocenters. The van der Waals surface area contributed by atoms with Crippen LogP contribution in [-0.2, 0) is 20.8 Å². The Balaban J connectivity index is 1.68. The number of aliphatic carboxylic acids is 1. The van der Waals surface area contributed by atoms with Gasteiger partial charge in [-0.1, -0.05) is 48.0 Å². The van der Waals surface area contributed by atoms with Gasteiger partial charge in [-0.3, -0.25) is 14.4 Å². The Labute approximate surface area is 163 Å². The average Bonchev–Trinajstić information content (AvgIpc) is 3.07. The van der Waals surface area contributed by atoms with Crippen molar-refractivity contribution >= 4 is 17.8 Å². The van der Waals surface area contributed by atoms with Crippen molar-refractivity contribution in [3.8, 4) is 11.1 Å². The van der Waals surface area contributed by atoms with Gasteiger partial charge in [-0.15, -0.1) is 0 Å². The summed E-state index contributed by atoms with van der Waals surface area (Å²) in [6.07, 6.45) is 1.48. The van der Waals surface area contributed by atoms with Crippen LogP contribution in [0.5, 0.6) is 0 Å². The summed E-state index contributed by atoms with van der Waals surface area (Å²) in [6.45, 7) is 1.60. The van der Waals surface area contributed by atoms with E-state index in [-0.39, 0.29) is 11.9 Å². The van der Waals surface area contributed by atoms with Crippen molar-refractivity contribution in [3.63, 3.8) is 0 Å². The number of carbonyl (C=O) groups excluding carboxylic acids is 2. The minimum atomic E-state index is -1.10. The number of hydrogen-bond donors (Lipinski definition) is 2. The molecule has 1 saturated heterocycles. The van der Waals surface area contributed by atoms with E-state index in [1.54, 1.807) is 4.90 Å². The summed E-state index contributed by atoms with van der Waals surface area (Å²) in [7, 11) is 0. The number of carboxylic acids is 1. The molecule has 2 aromatic rings. The lowest BCUT2D eigenvalue weighted by Crippen LogP contribution is -2.52. The molecule has 2 heterocycles. The molecule has 144 valence electrons. The second-order valence-corrected chi connectivity index (χ2v) is 7.47. The van der Waals surface area contributed by atoms with Crippen molar-refractivity contribution in [2.45, 2.75) is 38.3 Å². The first-order valence-electron chi connectivity index (χ1n) is 9.44. The van der Waals surface area contributed by atoms with Crippen LogP contribution >= 0.6 is 0 Å². The number of nitrogens with one attached hydrogen (secondary N) is 1. The minimum Gasteiger partial charge on any atom is -0.480 e. The van der Waals surface area contributed by atoms with Crippen LogP contribution < -0.4 is 5.32 Å². The minimum absolute atomic E-state index is 0.0475. The maximum atomic E-state index is 12.6. The Bertz CT molecular complexity index is 952. The lowest BCUT2D eigenvalue weighted by molar-refractivity contribution is -0.142. The van der Waals surface area contributed by atoms with E-state index < -0.39 is 24.5 Å². The third-order valence-electron chi connectivity index (χ3n) is 5.61. The Morgan fingerprint density at radius 2 is 1.86 bits per heavy atom. The first-order valence-corrected chi connectivity index (χ1v) is 9.44. The Hall–Kier alpha value is -3.15. The van der Waals surface area contributed by atoms with Gasteiger partial charge < -0.3 is 15.3 Å². The van der Waals surface area contributed by atoms with Crippen molar-refractivity contribution in [2.24, 2.45) is 0 Å². The van der Waals surface area contributed by atoms with Crippen molar-refractivity contribution < 1.29 is 19.5 Å². The molecule has 4 rings (SSSR count). The Morgan fingerprint density at radius 3 is 2.57 bits per heavy atom. The molecule has 0 aliphatic carbocycles. The van der Waals surface area contributed by atoms with E-state index in [2.05, 4.69) is 47.8 Å². The first-order chi connectivity index (χ1) is 13.4. The van der Waals surface area contributed by atoms with E-state index in [0.717, 1.165) is 22.3 Å². The number of rotatable bonds is 4. The molecule has 1 fully saturated rings. The molecule has 2 aliphatic rings. The van der Waals surface area contributed by atoms with E-state index in [4.69, 9.17) is 5.11 Å². The van der Waals surface area contributed by atoms with Crippen LogP contribution in [0.2, 0.25) is 0 Å². The maximum absolute atomic E-state index is 12.6. The van der Waals surface area contributed by atoms with Gasteiger partial charge in [0.25, 0.3) is 0 Å². The van der Waals surface area contributed by atoms with Gasteiger partial charge in [-0.2, -0.15) is 0 Å². The quantitative estimate of drug-likeness (QED) is 0.856. The number of carboxylic acid groups (broad SMARTS) is 1. The van der Waals surface area contributed by atoms with E-state index in [1.807, 2.05) is 6.92 Å². The van der Waals surface area contributed by atoms with E-state index in [1.165, 1.54) is 5.56 Å². The standard InChI is InChI=1S/C22H22N2O4/c1-13-2-4-14(5-3-13)15-6-7-17-16(10-15)11-19(22(28)23-12-21(26)27)24-18(17)8-9-20(24)25/h2-7,10,18-19H,8-9,11-12H2,1H3,(H,23,28)(H,26,27)/t18-,19+/m1/s1. The summed E-state index contributed by atoms with van der Waals surface area (Å²) >= 11 is 0. The summed E-state index contributed by atoms with van der Waals surface area (Å²) < 4.78 is 0. The summed E-state index contributed by atoms with van der Waals surface area (Å²) in [5.41, 5.74) is 5.50. The van der Waals surface area contributed by atoms with Crippen LogP contribution in [0.4, 0.5) is 0 Å². The fraction of sp³-hybridized carbons (Fsp3) is 0.318. The largest absolute Gasteiger partial charge is 0.480 e. The molecule has 6 nitrogen and oxygen atoms in total. The van der Waals surface area contributed by atoms with Crippen molar-refractivity contribution in [2.75, 3.05) is 6.54 Å². The first kappa shape index (κ1) is 18.2. The number of fused-ring (bicyclic) bond motifs is 3. The highest BCUT2D eigenvalue weighted by Gasteiger charge is 2.44. The monoisotopic (exact) mass is 378 g/mol. The zero-order valence-corrected chi connectivity index (χ0v) is 15.6. The van der Waals surface area contributed by atoms with Gasteiger partial charge in [0, 0.05) is 12.8 Å². The molecule has 0 saturated carbocycles. The number of nitrogens with zero attached hydrogens (tertiary/aromatic N) is 1. The smallest absolute Gasteiger partial charge is 0.322 e. The van der Waals surface area contributed by atoms with Gasteiger partial charge in [-0.25, -0.2) is 0 Å². The topological polar surface area (TPSA) is 86.7 Å². The van der Waals surface area contributed by atoms with E-state index in [9.17, 15) is 14.4 Å². The molecule has 2 atom stereocenters. The number of carbonyl (C=O) groups is 3. The molecule has 6 heteroatoms. The second kappa shape index (κ2) is 7.11. The van der Waals surface area contributed by atoms with Gasteiger partial charge in [0.05, 0.1) is 6.04 Å². The number of hydrogen-bond acceptors (Lipinski definition) is 3. The lowest BCUT2D eigenvalue weighted by Gasteiger charge is -2.38. The Kier molecular flexibility index (Phi) is 4.63. The van der Waals surface area contributed by atoms with E-state index in [0.29, 0.717) is 19.3 Å². The molecule has 28 heavy (non-hydrogen) atoms. The van der Waals surface area contributed by atoms with Crippen molar-refractivity contribution in [1.82, 2.24) is 10.2 Å². The van der Waals surface area contributed by atoms with Crippen molar-refractivity contribution in [3.05, 3.63) is 59.2 Å². The highest BCUT2D eigenvalue weighted by atomic mass is 16.4. The lowest BCUT2D eigenvalue weighted by atomic mass is 9.86. The highest BCUT2D eigenvalue weighted by molar-refractivity contribution is 5.91. The third kappa shape index (κ3) is 3.26. The summed E-state index contributed by atoms with van der Waals surface area (Å²) in [4.78, 5) is 37.5. The number of benzene rings is 2. The average molecular weight is 378 g/mol. The fourth-order valence-electron chi connectivity index (χ4n) is 4.24. The SMILES string of the molecule is Cc1ccc(-c2ccc3c(c2)C[C@@H](C(=O)NCC(=O)O)N2C(=O)CC[C@H]32)cc1. The predicted molar refractivity (Wildman–Crippen MR) is 104 cm³/mol. The fourth-order valence-corrected chi connectivity index (χ4v) is 4.24. The van der Waals surface area contributed by atoms with Crippen LogP contribution in [0, 0.1) is 6.92 Å². The highest BCUT2D eigenvalue weighted by Crippen LogP contribution is 2.42. The Morgan fingerprint density at radius 1 is 1.14 bits per heavy atom. The van der Waals surface area contributed by atoms with Gasteiger partial charge in [-0.05, 0) is 35.6 Å². The van der Waals surface area contributed by atoms with E-state index >= 15 is 0 Å². The molecule has 2 aliphatic heterocycles. The third-order valence-corrected chi connectivity index (χ3v) is 5.61. The van der Waals surface area contributed by atoms with Gasteiger partial charge in [0.15, 0.2) is 0 Å².